The van der Waals surface area contributed by atoms with Gasteiger partial charge in [0.05, 0.1) is 9.95 Å². The highest BCUT2D eigenvalue weighted by molar-refractivity contribution is 6.32. The number of aromatic amines is 1. The van der Waals surface area contributed by atoms with Gasteiger partial charge in [-0.2, -0.15) is 5.26 Å². The van der Waals surface area contributed by atoms with Crippen LogP contribution in [0.25, 0.3) is 11.1 Å². The number of pyridine rings is 1. The quantitative estimate of drug-likeness (QED) is 0.651. The van der Waals surface area contributed by atoms with Gasteiger partial charge in [-0.1, -0.05) is 11.6 Å². The summed E-state index contributed by atoms with van der Waals surface area (Å²) in [6, 6.07) is 4.48. The van der Waals surface area contributed by atoms with Crippen LogP contribution in [-0.4, -0.2) is 15.0 Å². The molecule has 0 aliphatic heterocycles. The van der Waals surface area contributed by atoms with Crippen molar-refractivity contribution in [2.75, 3.05) is 0 Å². The number of aryl methyl sites for hydroxylation is 1. The average molecular weight is 320 g/mol. The zero-order valence-corrected chi connectivity index (χ0v) is 12.4. The van der Waals surface area contributed by atoms with Gasteiger partial charge in [0, 0.05) is 22.4 Å². The summed E-state index contributed by atoms with van der Waals surface area (Å²) in [6.45, 7) is 2.99. The number of nitro groups is 1. The molecule has 0 atom stereocenters. The van der Waals surface area contributed by atoms with Crippen molar-refractivity contribution in [2.45, 2.75) is 13.8 Å². The molecular formula is C14H10ClN3O4. The van der Waals surface area contributed by atoms with Gasteiger partial charge in [0.1, 0.15) is 11.6 Å². The number of aromatic hydroxyl groups is 1. The number of hydrogen-bond acceptors (Lipinski definition) is 5. The Morgan fingerprint density at radius 3 is 2.55 bits per heavy atom. The van der Waals surface area contributed by atoms with Crippen LogP contribution >= 0.6 is 11.6 Å². The summed E-state index contributed by atoms with van der Waals surface area (Å²) in [4.78, 5) is 24.6. The molecule has 0 aliphatic carbocycles. The van der Waals surface area contributed by atoms with E-state index in [2.05, 4.69) is 4.98 Å². The first-order chi connectivity index (χ1) is 10.3. The smallest absolute Gasteiger partial charge is 0.315 e. The second kappa shape index (κ2) is 5.50. The standard InChI is InChI=1S/C14H10ClN3O4/c1-6-3-8(10(5-16)14(20)17-6)9-4-11(15)7(2)12(13(9)19)18(21)22/h3-4,19H,1-2H3,(H,17,20). The summed E-state index contributed by atoms with van der Waals surface area (Å²) in [5, 5.41) is 30.5. The Kier molecular flexibility index (Phi) is 3.89. The minimum Gasteiger partial charge on any atom is -0.502 e. The first-order valence-corrected chi connectivity index (χ1v) is 6.46. The molecule has 2 aromatic rings. The molecule has 0 radical (unpaired) electrons. The molecule has 0 aliphatic rings. The first kappa shape index (κ1) is 15.5. The highest BCUT2D eigenvalue weighted by Crippen LogP contribution is 2.43. The van der Waals surface area contributed by atoms with Crippen molar-refractivity contribution in [1.29, 1.82) is 5.26 Å². The monoisotopic (exact) mass is 319 g/mol. The summed E-state index contributed by atoms with van der Waals surface area (Å²) in [6.07, 6.45) is 0. The topological polar surface area (TPSA) is 120 Å². The molecule has 22 heavy (non-hydrogen) atoms. The van der Waals surface area contributed by atoms with Crippen LogP contribution < -0.4 is 5.56 Å². The van der Waals surface area contributed by atoms with E-state index in [4.69, 9.17) is 16.9 Å². The summed E-state index contributed by atoms with van der Waals surface area (Å²) < 4.78 is 0. The maximum atomic E-state index is 11.8. The number of phenolic OH excluding ortho intramolecular Hbond substituents is 1. The van der Waals surface area contributed by atoms with E-state index in [1.54, 1.807) is 13.0 Å². The van der Waals surface area contributed by atoms with Crippen LogP contribution in [0.4, 0.5) is 5.69 Å². The summed E-state index contributed by atoms with van der Waals surface area (Å²) in [7, 11) is 0. The van der Waals surface area contributed by atoms with Crippen LogP contribution in [-0.2, 0) is 0 Å². The molecule has 1 aromatic heterocycles. The number of rotatable bonds is 2. The van der Waals surface area contributed by atoms with E-state index in [9.17, 15) is 20.0 Å². The van der Waals surface area contributed by atoms with Gasteiger partial charge in [-0.15, -0.1) is 0 Å². The van der Waals surface area contributed by atoms with E-state index in [0.717, 1.165) is 0 Å². The van der Waals surface area contributed by atoms with Gasteiger partial charge >= 0.3 is 5.69 Å². The van der Waals surface area contributed by atoms with E-state index < -0.39 is 21.9 Å². The van der Waals surface area contributed by atoms with Crippen molar-refractivity contribution in [3.05, 3.63) is 54.4 Å². The largest absolute Gasteiger partial charge is 0.502 e. The molecule has 0 spiro atoms. The highest BCUT2D eigenvalue weighted by atomic mass is 35.5. The maximum absolute atomic E-state index is 11.8. The Hall–Kier alpha value is -2.85. The number of hydrogen-bond donors (Lipinski definition) is 2. The minimum atomic E-state index is -0.758. The van der Waals surface area contributed by atoms with Gasteiger partial charge in [0.25, 0.3) is 5.56 Å². The van der Waals surface area contributed by atoms with Crippen molar-refractivity contribution in [2.24, 2.45) is 0 Å². The van der Waals surface area contributed by atoms with Crippen LogP contribution in [0.5, 0.6) is 5.75 Å². The number of H-pyrrole nitrogens is 1. The van der Waals surface area contributed by atoms with Crippen LogP contribution in [0.15, 0.2) is 16.9 Å². The van der Waals surface area contributed by atoms with E-state index in [1.165, 1.54) is 19.1 Å². The molecule has 0 saturated heterocycles. The highest BCUT2D eigenvalue weighted by Gasteiger charge is 2.26. The van der Waals surface area contributed by atoms with Crippen molar-refractivity contribution in [3.63, 3.8) is 0 Å². The zero-order chi connectivity index (χ0) is 16.6. The molecule has 112 valence electrons. The Morgan fingerprint density at radius 2 is 2.00 bits per heavy atom. The van der Waals surface area contributed by atoms with Crippen LogP contribution in [0.1, 0.15) is 16.8 Å². The normalized spacial score (nSPS) is 10.3. The van der Waals surface area contributed by atoms with E-state index in [0.29, 0.717) is 5.69 Å². The lowest BCUT2D eigenvalue weighted by molar-refractivity contribution is -0.386. The average Bonchev–Trinajstić information content (AvgIpc) is 2.42. The maximum Gasteiger partial charge on any atom is 0.315 e. The summed E-state index contributed by atoms with van der Waals surface area (Å²) >= 11 is 5.98. The number of phenols is 1. The molecule has 0 saturated carbocycles. The second-order valence-electron chi connectivity index (χ2n) is 4.67. The van der Waals surface area contributed by atoms with Crippen LogP contribution in [0.2, 0.25) is 5.02 Å². The molecule has 1 heterocycles. The van der Waals surface area contributed by atoms with Crippen LogP contribution in [0.3, 0.4) is 0 Å². The third kappa shape index (κ3) is 2.40. The van der Waals surface area contributed by atoms with E-state index in [1.807, 2.05) is 0 Å². The predicted octanol–water partition coefficient (Wildman–Crippen LogP) is 2.80. The first-order valence-electron chi connectivity index (χ1n) is 6.08. The van der Waals surface area contributed by atoms with Gasteiger partial charge in [-0.05, 0) is 26.0 Å². The number of aromatic nitrogens is 1. The summed E-state index contributed by atoms with van der Waals surface area (Å²) in [5.41, 5.74) is -0.847. The molecule has 8 heteroatoms. The number of nitriles is 1. The Labute approximate surface area is 129 Å². The fraction of sp³-hybridized carbons (Fsp3) is 0.143. The van der Waals surface area contributed by atoms with Crippen molar-refractivity contribution in [3.8, 4) is 22.9 Å². The third-order valence-electron chi connectivity index (χ3n) is 3.22. The predicted molar refractivity (Wildman–Crippen MR) is 80.0 cm³/mol. The van der Waals surface area contributed by atoms with E-state index >= 15 is 0 Å². The lowest BCUT2D eigenvalue weighted by atomic mass is 9.97. The molecule has 1 aromatic carbocycles. The van der Waals surface area contributed by atoms with Gasteiger partial charge in [-0.25, -0.2) is 0 Å². The molecule has 2 N–H and O–H groups in total. The van der Waals surface area contributed by atoms with Crippen molar-refractivity contribution < 1.29 is 10.0 Å². The Bertz CT molecular complexity index is 896. The number of nitro benzene ring substituents is 1. The fourth-order valence-corrected chi connectivity index (χ4v) is 2.36. The molecule has 7 nitrogen and oxygen atoms in total. The fourth-order valence-electron chi connectivity index (χ4n) is 2.16. The number of nitrogens with zero attached hydrogens (tertiary/aromatic N) is 2. The van der Waals surface area contributed by atoms with Gasteiger partial charge in [-0.3, -0.25) is 14.9 Å². The molecule has 0 bridgehead atoms. The summed E-state index contributed by atoms with van der Waals surface area (Å²) in [5.74, 6) is -0.631. The minimum absolute atomic E-state index is 0.0342. The molecule has 0 fully saturated rings. The Balaban J connectivity index is 2.95. The number of halogens is 1. The van der Waals surface area contributed by atoms with Gasteiger partial charge < -0.3 is 10.1 Å². The lowest BCUT2D eigenvalue weighted by Crippen LogP contribution is -2.13. The van der Waals surface area contributed by atoms with Crippen molar-refractivity contribution >= 4 is 17.3 Å². The van der Waals surface area contributed by atoms with Gasteiger partial charge in [0.2, 0.25) is 5.75 Å². The molecule has 0 unspecified atom stereocenters. The number of nitrogens with one attached hydrogen (secondary N) is 1. The molecule has 0 amide bonds. The third-order valence-corrected chi connectivity index (χ3v) is 3.61. The second-order valence-corrected chi connectivity index (χ2v) is 5.07. The van der Waals surface area contributed by atoms with Gasteiger partial charge in [0.15, 0.2) is 0 Å². The molecular weight excluding hydrogens is 310 g/mol. The van der Waals surface area contributed by atoms with E-state index in [-0.39, 0.29) is 27.3 Å². The zero-order valence-electron chi connectivity index (χ0n) is 11.6. The number of benzene rings is 1. The molecule has 2 rings (SSSR count). The Morgan fingerprint density at radius 1 is 1.36 bits per heavy atom. The lowest BCUT2D eigenvalue weighted by Gasteiger charge is -2.10. The van der Waals surface area contributed by atoms with Crippen molar-refractivity contribution in [1.82, 2.24) is 4.98 Å². The van der Waals surface area contributed by atoms with Crippen LogP contribution in [0, 0.1) is 35.3 Å². The SMILES string of the molecule is Cc1cc(-c2cc(Cl)c(C)c([N+](=O)[O-])c2O)c(C#N)c(=O)[nH]1.